The molecule has 0 radical (unpaired) electrons. The summed E-state index contributed by atoms with van der Waals surface area (Å²) in [5, 5.41) is 3.06. The van der Waals surface area contributed by atoms with E-state index in [0.29, 0.717) is 23.3 Å². The number of carbonyl (C=O) groups is 1. The van der Waals surface area contributed by atoms with Crippen LogP contribution in [0.4, 0.5) is 5.82 Å². The fraction of sp³-hybridized carbons (Fsp3) is 0.312. The SMILES string of the molecule is Cc1cc(N)nc(S[C@H](C)C(=O)NCc2ccc3c(c2)OCO3)n1. The fourth-order valence-corrected chi connectivity index (χ4v) is 3.07. The molecule has 1 aromatic heterocycles. The van der Waals surface area contributed by atoms with Crippen molar-refractivity contribution in [2.75, 3.05) is 12.5 Å². The van der Waals surface area contributed by atoms with Crippen molar-refractivity contribution in [3.05, 3.63) is 35.5 Å². The highest BCUT2D eigenvalue weighted by Gasteiger charge is 2.17. The predicted octanol–water partition coefficient (Wildman–Crippen LogP) is 1.89. The third-order valence-electron chi connectivity index (χ3n) is 3.41. The van der Waals surface area contributed by atoms with Crippen molar-refractivity contribution >= 4 is 23.5 Å². The van der Waals surface area contributed by atoms with Gasteiger partial charge in [0.2, 0.25) is 12.7 Å². The van der Waals surface area contributed by atoms with Crippen LogP contribution in [0.5, 0.6) is 11.5 Å². The zero-order valence-electron chi connectivity index (χ0n) is 13.4. The second-order valence-electron chi connectivity index (χ2n) is 5.38. The Labute approximate surface area is 144 Å². The normalized spacial score (nSPS) is 13.6. The summed E-state index contributed by atoms with van der Waals surface area (Å²) in [6, 6.07) is 7.29. The molecule has 0 bridgehead atoms. The Morgan fingerprint density at radius 1 is 1.33 bits per heavy atom. The Hall–Kier alpha value is -2.48. The molecule has 8 heteroatoms. The van der Waals surface area contributed by atoms with Crippen LogP contribution in [-0.4, -0.2) is 27.9 Å². The van der Waals surface area contributed by atoms with Gasteiger partial charge in [0.05, 0.1) is 5.25 Å². The molecule has 1 atom stereocenters. The molecular weight excluding hydrogens is 328 g/mol. The van der Waals surface area contributed by atoms with Gasteiger partial charge in [0.25, 0.3) is 0 Å². The molecule has 7 nitrogen and oxygen atoms in total. The molecule has 2 aromatic rings. The number of nitrogens with two attached hydrogens (primary N) is 1. The number of nitrogen functional groups attached to an aromatic ring is 1. The van der Waals surface area contributed by atoms with Crippen molar-refractivity contribution < 1.29 is 14.3 Å². The van der Waals surface area contributed by atoms with E-state index in [1.807, 2.05) is 32.0 Å². The van der Waals surface area contributed by atoms with Crippen molar-refractivity contribution in [3.8, 4) is 11.5 Å². The first kappa shape index (κ1) is 16.4. The van der Waals surface area contributed by atoms with Crippen molar-refractivity contribution in [3.63, 3.8) is 0 Å². The molecule has 2 heterocycles. The molecule has 0 unspecified atom stereocenters. The molecule has 1 aliphatic heterocycles. The summed E-state index contributed by atoms with van der Waals surface area (Å²) < 4.78 is 10.6. The van der Waals surface area contributed by atoms with E-state index in [9.17, 15) is 4.79 Å². The average molecular weight is 346 g/mol. The molecule has 3 rings (SSSR count). The Bertz CT molecular complexity index is 749. The Balaban J connectivity index is 1.56. The summed E-state index contributed by atoms with van der Waals surface area (Å²) in [5.41, 5.74) is 7.42. The van der Waals surface area contributed by atoms with E-state index < -0.39 is 0 Å². The number of nitrogens with one attached hydrogen (secondary N) is 1. The van der Waals surface area contributed by atoms with E-state index in [0.717, 1.165) is 17.0 Å². The highest BCUT2D eigenvalue weighted by Crippen LogP contribution is 2.32. The molecule has 0 saturated heterocycles. The summed E-state index contributed by atoms with van der Waals surface area (Å²) in [5.74, 6) is 1.73. The molecular formula is C16H18N4O3S. The third kappa shape index (κ3) is 3.88. The zero-order chi connectivity index (χ0) is 17.1. The number of anilines is 1. The first-order chi connectivity index (χ1) is 11.5. The van der Waals surface area contributed by atoms with Gasteiger partial charge in [-0.3, -0.25) is 4.79 Å². The van der Waals surface area contributed by atoms with E-state index >= 15 is 0 Å². The zero-order valence-corrected chi connectivity index (χ0v) is 14.2. The van der Waals surface area contributed by atoms with Crippen LogP contribution < -0.4 is 20.5 Å². The maximum atomic E-state index is 12.2. The molecule has 0 spiro atoms. The molecule has 1 amide bonds. The number of thioether (sulfide) groups is 1. The summed E-state index contributed by atoms with van der Waals surface area (Å²) in [6.07, 6.45) is 0. The molecule has 1 aromatic carbocycles. The van der Waals surface area contributed by atoms with Gasteiger partial charge in [-0.15, -0.1) is 0 Å². The van der Waals surface area contributed by atoms with Gasteiger partial charge < -0.3 is 20.5 Å². The molecule has 126 valence electrons. The number of aryl methyl sites for hydroxylation is 1. The topological polar surface area (TPSA) is 99.4 Å². The number of ether oxygens (including phenoxy) is 2. The standard InChI is InChI=1S/C16H18N4O3S/c1-9-5-14(17)20-16(19-9)24-10(2)15(21)18-7-11-3-4-12-13(6-11)23-8-22-12/h3-6,10H,7-8H2,1-2H3,(H,18,21)(H2,17,19,20)/t10-/m1/s1. The fourth-order valence-electron chi connectivity index (χ4n) is 2.21. The van der Waals surface area contributed by atoms with Crippen LogP contribution in [0.15, 0.2) is 29.4 Å². The second kappa shape index (κ2) is 6.96. The number of nitrogens with zero attached hydrogens (tertiary/aromatic N) is 2. The van der Waals surface area contributed by atoms with E-state index in [2.05, 4.69) is 15.3 Å². The number of amides is 1. The van der Waals surface area contributed by atoms with Crippen LogP contribution in [0.25, 0.3) is 0 Å². The predicted molar refractivity (Wildman–Crippen MR) is 90.9 cm³/mol. The number of fused-ring (bicyclic) bond motifs is 1. The third-order valence-corrected chi connectivity index (χ3v) is 4.37. The monoisotopic (exact) mass is 346 g/mol. The van der Waals surface area contributed by atoms with Gasteiger partial charge >= 0.3 is 0 Å². The highest BCUT2D eigenvalue weighted by atomic mass is 32.2. The van der Waals surface area contributed by atoms with Crippen molar-refractivity contribution in [2.45, 2.75) is 30.8 Å². The van der Waals surface area contributed by atoms with Crippen molar-refractivity contribution in [2.24, 2.45) is 0 Å². The quantitative estimate of drug-likeness (QED) is 0.630. The smallest absolute Gasteiger partial charge is 0.233 e. The lowest BCUT2D eigenvalue weighted by Gasteiger charge is -2.12. The highest BCUT2D eigenvalue weighted by molar-refractivity contribution is 8.00. The molecule has 0 saturated carbocycles. The van der Waals surface area contributed by atoms with Gasteiger partial charge in [0.1, 0.15) is 5.82 Å². The lowest BCUT2D eigenvalue weighted by Crippen LogP contribution is -2.30. The van der Waals surface area contributed by atoms with Gasteiger partial charge in [0, 0.05) is 18.3 Å². The van der Waals surface area contributed by atoms with Crippen LogP contribution in [0.3, 0.4) is 0 Å². The maximum absolute atomic E-state index is 12.2. The largest absolute Gasteiger partial charge is 0.454 e. The summed E-state index contributed by atoms with van der Waals surface area (Å²) in [6.45, 7) is 4.30. The van der Waals surface area contributed by atoms with Crippen LogP contribution in [0.1, 0.15) is 18.2 Å². The average Bonchev–Trinajstić information content (AvgIpc) is 2.99. The van der Waals surface area contributed by atoms with E-state index in [1.165, 1.54) is 11.8 Å². The first-order valence-electron chi connectivity index (χ1n) is 7.45. The summed E-state index contributed by atoms with van der Waals surface area (Å²) >= 11 is 1.28. The molecule has 3 N–H and O–H groups in total. The lowest BCUT2D eigenvalue weighted by molar-refractivity contribution is -0.120. The van der Waals surface area contributed by atoms with Crippen LogP contribution >= 0.6 is 11.8 Å². The Kier molecular flexibility index (Phi) is 4.75. The van der Waals surface area contributed by atoms with Gasteiger partial charge in [-0.05, 0) is 31.5 Å². The van der Waals surface area contributed by atoms with Gasteiger partial charge in [-0.2, -0.15) is 0 Å². The van der Waals surface area contributed by atoms with E-state index in [-0.39, 0.29) is 18.0 Å². The van der Waals surface area contributed by atoms with Gasteiger partial charge in [-0.25, -0.2) is 9.97 Å². The number of benzene rings is 1. The van der Waals surface area contributed by atoms with Gasteiger partial charge in [0.15, 0.2) is 16.7 Å². The van der Waals surface area contributed by atoms with E-state index in [4.69, 9.17) is 15.2 Å². The minimum Gasteiger partial charge on any atom is -0.454 e. The summed E-state index contributed by atoms with van der Waals surface area (Å²) in [4.78, 5) is 20.7. The maximum Gasteiger partial charge on any atom is 0.233 e. The number of hydrogen-bond acceptors (Lipinski definition) is 7. The molecule has 0 aliphatic carbocycles. The van der Waals surface area contributed by atoms with Gasteiger partial charge in [-0.1, -0.05) is 17.8 Å². The Morgan fingerprint density at radius 2 is 2.12 bits per heavy atom. The number of aromatic nitrogens is 2. The number of carbonyl (C=O) groups excluding carboxylic acids is 1. The molecule has 24 heavy (non-hydrogen) atoms. The number of hydrogen-bond donors (Lipinski definition) is 2. The number of rotatable bonds is 5. The minimum absolute atomic E-state index is 0.0960. The van der Waals surface area contributed by atoms with Crippen LogP contribution in [0.2, 0.25) is 0 Å². The summed E-state index contributed by atoms with van der Waals surface area (Å²) in [7, 11) is 0. The van der Waals surface area contributed by atoms with Crippen LogP contribution in [-0.2, 0) is 11.3 Å². The Morgan fingerprint density at radius 3 is 2.92 bits per heavy atom. The lowest BCUT2D eigenvalue weighted by atomic mass is 10.2. The molecule has 1 aliphatic rings. The van der Waals surface area contributed by atoms with Crippen molar-refractivity contribution in [1.29, 1.82) is 0 Å². The van der Waals surface area contributed by atoms with E-state index in [1.54, 1.807) is 6.07 Å². The first-order valence-corrected chi connectivity index (χ1v) is 8.33. The molecule has 0 fully saturated rings. The van der Waals surface area contributed by atoms with Crippen LogP contribution in [0, 0.1) is 6.92 Å². The second-order valence-corrected chi connectivity index (χ2v) is 6.69. The van der Waals surface area contributed by atoms with Crippen molar-refractivity contribution in [1.82, 2.24) is 15.3 Å². The minimum atomic E-state index is -0.333.